The number of benzene rings is 1. The molecule has 0 aromatic heterocycles. The summed E-state index contributed by atoms with van der Waals surface area (Å²) >= 11 is 6.05. The highest BCUT2D eigenvalue weighted by Crippen LogP contribution is 2.42. The first kappa shape index (κ1) is 23.3. The molecule has 1 fully saturated rings. The zero-order valence-electron chi connectivity index (χ0n) is 18.8. The van der Waals surface area contributed by atoms with Crippen LogP contribution in [0.5, 0.6) is 0 Å². The number of nitrogens with one attached hydrogen (secondary N) is 1. The summed E-state index contributed by atoms with van der Waals surface area (Å²) in [7, 11) is 0. The molecule has 0 saturated carbocycles. The van der Waals surface area contributed by atoms with Crippen LogP contribution in [0.1, 0.15) is 45.6 Å². The van der Waals surface area contributed by atoms with Crippen molar-refractivity contribution in [3.05, 3.63) is 47.0 Å². The summed E-state index contributed by atoms with van der Waals surface area (Å²) < 4.78 is 0. The standard InChI is InChI=1S/C24H33ClN4O2/c1-15(2)21(28-22(30)17-7-10-20(26)27-13-17)23(31)29-12-11-19(24(3,4)14-29)16-5-8-18(25)9-6-16/h5-10,15,17,19,21H,11-14H2,1-4H3,(H2,26,27)(H,28,30)/t17?,19-,21-/m1/s1. The van der Waals surface area contributed by atoms with Gasteiger partial charge in [-0.15, -0.1) is 0 Å². The molecule has 2 heterocycles. The van der Waals surface area contributed by atoms with Gasteiger partial charge in [-0.1, -0.05) is 57.5 Å². The molecule has 7 heteroatoms. The number of amides is 2. The maximum absolute atomic E-state index is 13.4. The van der Waals surface area contributed by atoms with Crippen molar-refractivity contribution in [1.82, 2.24) is 10.2 Å². The number of nitrogens with two attached hydrogens (primary N) is 1. The van der Waals surface area contributed by atoms with Gasteiger partial charge in [-0.05, 0) is 47.4 Å². The first-order chi connectivity index (χ1) is 14.6. The van der Waals surface area contributed by atoms with Crippen LogP contribution in [0.4, 0.5) is 0 Å². The Kier molecular flexibility index (Phi) is 7.10. The Morgan fingerprint density at radius 3 is 2.48 bits per heavy atom. The molecule has 2 aliphatic rings. The van der Waals surface area contributed by atoms with Gasteiger partial charge in [0.05, 0.1) is 12.5 Å². The number of carbonyl (C=O) groups is 2. The van der Waals surface area contributed by atoms with Crippen molar-refractivity contribution >= 4 is 29.3 Å². The number of rotatable bonds is 5. The lowest BCUT2D eigenvalue weighted by molar-refractivity contribution is -0.141. The van der Waals surface area contributed by atoms with E-state index in [9.17, 15) is 9.59 Å². The predicted octanol–water partition coefficient (Wildman–Crippen LogP) is 3.37. The van der Waals surface area contributed by atoms with Gasteiger partial charge in [-0.25, -0.2) is 0 Å². The Labute approximate surface area is 189 Å². The summed E-state index contributed by atoms with van der Waals surface area (Å²) in [4.78, 5) is 32.2. The van der Waals surface area contributed by atoms with Crippen LogP contribution >= 0.6 is 11.6 Å². The molecule has 6 nitrogen and oxygen atoms in total. The number of piperidine rings is 1. The molecule has 3 rings (SSSR count). The van der Waals surface area contributed by atoms with Crippen molar-refractivity contribution < 1.29 is 9.59 Å². The van der Waals surface area contributed by atoms with E-state index in [2.05, 4.69) is 36.3 Å². The van der Waals surface area contributed by atoms with Crippen LogP contribution in [0.3, 0.4) is 0 Å². The normalized spacial score (nSPS) is 23.9. The number of dihydropyridines is 1. The van der Waals surface area contributed by atoms with Crippen molar-refractivity contribution in [2.45, 2.75) is 46.1 Å². The third-order valence-electron chi connectivity index (χ3n) is 6.35. The third kappa shape index (κ3) is 5.48. The second-order valence-electron chi connectivity index (χ2n) is 9.60. The Balaban J connectivity index is 1.68. The zero-order chi connectivity index (χ0) is 22.8. The van der Waals surface area contributed by atoms with E-state index >= 15 is 0 Å². The summed E-state index contributed by atoms with van der Waals surface area (Å²) in [6, 6.07) is 7.44. The number of likely N-dealkylation sites (tertiary alicyclic amines) is 1. The molecule has 0 bridgehead atoms. The van der Waals surface area contributed by atoms with E-state index in [4.69, 9.17) is 17.3 Å². The van der Waals surface area contributed by atoms with Gasteiger partial charge in [0.1, 0.15) is 11.9 Å². The van der Waals surface area contributed by atoms with Gasteiger partial charge in [0.15, 0.2) is 0 Å². The van der Waals surface area contributed by atoms with Crippen LogP contribution in [0.15, 0.2) is 41.4 Å². The maximum atomic E-state index is 13.4. The molecule has 168 valence electrons. The average Bonchev–Trinajstić information content (AvgIpc) is 2.72. The van der Waals surface area contributed by atoms with E-state index in [0.717, 1.165) is 11.4 Å². The maximum Gasteiger partial charge on any atom is 0.245 e. The highest BCUT2D eigenvalue weighted by atomic mass is 35.5. The van der Waals surface area contributed by atoms with Crippen LogP contribution in [0, 0.1) is 17.3 Å². The molecule has 1 aromatic carbocycles. The smallest absolute Gasteiger partial charge is 0.245 e. The lowest BCUT2D eigenvalue weighted by atomic mass is 9.70. The van der Waals surface area contributed by atoms with Gasteiger partial charge >= 0.3 is 0 Å². The SMILES string of the molecule is CC(C)[C@@H](NC(=O)C1C=CC(N)=NC1)C(=O)N1CC[C@H](c2ccc(Cl)cc2)C(C)(C)C1. The first-order valence-electron chi connectivity index (χ1n) is 10.9. The fourth-order valence-corrected chi connectivity index (χ4v) is 4.66. The molecule has 1 unspecified atom stereocenters. The number of amidine groups is 1. The highest BCUT2D eigenvalue weighted by molar-refractivity contribution is 6.30. The Bertz CT molecular complexity index is 876. The van der Waals surface area contributed by atoms with E-state index in [1.807, 2.05) is 30.9 Å². The van der Waals surface area contributed by atoms with Crippen LogP contribution in [0.2, 0.25) is 5.02 Å². The van der Waals surface area contributed by atoms with Crippen molar-refractivity contribution in [2.24, 2.45) is 28.0 Å². The van der Waals surface area contributed by atoms with Crippen molar-refractivity contribution in [3.63, 3.8) is 0 Å². The monoisotopic (exact) mass is 444 g/mol. The van der Waals surface area contributed by atoms with Crippen LogP contribution < -0.4 is 11.1 Å². The number of carbonyl (C=O) groups excluding carboxylic acids is 2. The van der Waals surface area contributed by atoms with Gasteiger partial charge in [0, 0.05) is 18.1 Å². The Morgan fingerprint density at radius 2 is 1.94 bits per heavy atom. The van der Waals surface area contributed by atoms with Crippen molar-refractivity contribution in [2.75, 3.05) is 19.6 Å². The Morgan fingerprint density at radius 1 is 1.26 bits per heavy atom. The van der Waals surface area contributed by atoms with Gasteiger partial charge in [0.2, 0.25) is 11.8 Å². The molecular formula is C24H33ClN4O2. The van der Waals surface area contributed by atoms with E-state index in [1.165, 1.54) is 5.56 Å². The molecule has 1 aromatic rings. The fraction of sp³-hybridized carbons (Fsp3) is 0.542. The van der Waals surface area contributed by atoms with Gasteiger partial charge in [-0.2, -0.15) is 0 Å². The van der Waals surface area contributed by atoms with Crippen LogP contribution in [-0.4, -0.2) is 48.2 Å². The second kappa shape index (κ2) is 9.43. The molecular weight excluding hydrogens is 412 g/mol. The molecule has 3 atom stereocenters. The van der Waals surface area contributed by atoms with E-state index < -0.39 is 12.0 Å². The molecule has 0 aliphatic carbocycles. The van der Waals surface area contributed by atoms with E-state index in [0.29, 0.717) is 31.4 Å². The first-order valence-corrected chi connectivity index (χ1v) is 11.3. The minimum Gasteiger partial charge on any atom is -0.384 e. The largest absolute Gasteiger partial charge is 0.384 e. The van der Waals surface area contributed by atoms with Crippen LogP contribution in [-0.2, 0) is 9.59 Å². The molecule has 2 amide bonds. The summed E-state index contributed by atoms with van der Waals surface area (Å²) in [5.74, 6) is 0.148. The lowest BCUT2D eigenvalue weighted by Crippen LogP contribution is -2.56. The lowest BCUT2D eigenvalue weighted by Gasteiger charge is -2.46. The summed E-state index contributed by atoms with van der Waals surface area (Å²) in [5.41, 5.74) is 6.80. The van der Waals surface area contributed by atoms with E-state index in [-0.39, 0.29) is 23.1 Å². The third-order valence-corrected chi connectivity index (χ3v) is 6.60. The van der Waals surface area contributed by atoms with Crippen molar-refractivity contribution in [3.8, 4) is 0 Å². The number of hydrogen-bond acceptors (Lipinski definition) is 4. The highest BCUT2D eigenvalue weighted by Gasteiger charge is 2.40. The zero-order valence-corrected chi connectivity index (χ0v) is 19.5. The quantitative estimate of drug-likeness (QED) is 0.729. The van der Waals surface area contributed by atoms with Gasteiger partial charge in [0.25, 0.3) is 0 Å². The minimum atomic E-state index is -0.563. The molecule has 3 N–H and O–H groups in total. The van der Waals surface area contributed by atoms with Crippen LogP contribution in [0.25, 0.3) is 0 Å². The number of hydrogen-bond donors (Lipinski definition) is 2. The summed E-state index contributed by atoms with van der Waals surface area (Å²) in [6.45, 7) is 9.93. The predicted molar refractivity (Wildman–Crippen MR) is 125 cm³/mol. The summed E-state index contributed by atoms with van der Waals surface area (Å²) in [5, 5.41) is 3.70. The molecule has 31 heavy (non-hydrogen) atoms. The second-order valence-corrected chi connectivity index (χ2v) is 10.0. The Hall–Kier alpha value is -2.34. The topological polar surface area (TPSA) is 87.8 Å². The summed E-state index contributed by atoms with van der Waals surface area (Å²) in [6.07, 6.45) is 4.27. The molecule has 0 spiro atoms. The minimum absolute atomic E-state index is 0.0188. The van der Waals surface area contributed by atoms with Crippen molar-refractivity contribution in [1.29, 1.82) is 0 Å². The number of aliphatic imine (C=N–C) groups is 1. The molecule has 0 radical (unpaired) electrons. The fourth-order valence-electron chi connectivity index (χ4n) is 4.53. The van der Waals surface area contributed by atoms with Gasteiger partial charge < -0.3 is 16.0 Å². The average molecular weight is 445 g/mol. The number of nitrogens with zero attached hydrogens (tertiary/aromatic N) is 2. The molecule has 1 saturated heterocycles. The van der Waals surface area contributed by atoms with E-state index in [1.54, 1.807) is 12.2 Å². The molecule has 2 aliphatic heterocycles. The number of halogens is 1. The van der Waals surface area contributed by atoms with Gasteiger partial charge in [-0.3, -0.25) is 14.6 Å².